The smallest absolute Gasteiger partial charge is 0.350 e. The lowest BCUT2D eigenvalue weighted by Gasteiger charge is -2.05. The number of carbonyl (C=O) groups excluding carboxylic acids is 1. The molecule has 0 atom stereocenters. The van der Waals surface area contributed by atoms with E-state index < -0.39 is 0 Å². The lowest BCUT2D eigenvalue weighted by molar-refractivity contribution is -0.121. The Balaban J connectivity index is 1.41. The Kier molecular flexibility index (Phi) is 5.28. The Hall–Kier alpha value is -2.89. The van der Waals surface area contributed by atoms with Crippen LogP contribution in [0.15, 0.2) is 53.5 Å². The van der Waals surface area contributed by atoms with Gasteiger partial charge >= 0.3 is 5.69 Å². The largest absolute Gasteiger partial charge is 0.356 e. The van der Waals surface area contributed by atoms with Gasteiger partial charge in [0.15, 0.2) is 5.65 Å². The van der Waals surface area contributed by atoms with Crippen molar-refractivity contribution in [2.75, 3.05) is 6.54 Å². The van der Waals surface area contributed by atoms with Crippen molar-refractivity contribution in [2.24, 2.45) is 0 Å². The third-order valence-electron chi connectivity index (χ3n) is 4.12. The monoisotopic (exact) mass is 338 g/mol. The molecule has 1 N–H and O–H groups in total. The predicted octanol–water partition coefficient (Wildman–Crippen LogP) is 1.94. The van der Waals surface area contributed by atoms with Crippen molar-refractivity contribution in [1.82, 2.24) is 19.5 Å². The summed E-state index contributed by atoms with van der Waals surface area (Å²) < 4.78 is 2.95. The van der Waals surface area contributed by atoms with Gasteiger partial charge in [-0.1, -0.05) is 35.9 Å². The number of nitrogens with zero attached hydrogens (tertiary/aromatic N) is 3. The molecule has 0 aliphatic carbocycles. The number of hydrogen-bond donors (Lipinski definition) is 1. The summed E-state index contributed by atoms with van der Waals surface area (Å²) in [5.74, 6) is 0.0305. The standard InChI is InChI=1S/C19H22N4O2/c1-15-6-8-16(9-7-15)10-11-18(24)20-12-4-14-23-19(25)22-13-3-2-5-17(22)21-23/h2-3,5-9,13H,4,10-12,14H2,1H3,(H,20,24). The van der Waals surface area contributed by atoms with Crippen molar-refractivity contribution in [1.29, 1.82) is 0 Å². The number of amides is 1. The molecule has 0 aliphatic heterocycles. The fraction of sp³-hybridized carbons (Fsp3) is 0.316. The number of carbonyl (C=O) groups is 1. The first-order valence-corrected chi connectivity index (χ1v) is 8.50. The molecule has 0 spiro atoms. The number of benzene rings is 1. The maximum atomic E-state index is 12.1. The first-order chi connectivity index (χ1) is 12.1. The molecule has 130 valence electrons. The molecule has 0 saturated heterocycles. The Morgan fingerprint density at radius 1 is 1.16 bits per heavy atom. The van der Waals surface area contributed by atoms with Gasteiger partial charge in [-0.05, 0) is 37.5 Å². The topological polar surface area (TPSA) is 68.4 Å². The number of rotatable bonds is 7. The van der Waals surface area contributed by atoms with Crippen LogP contribution in [0.3, 0.4) is 0 Å². The average Bonchev–Trinajstić information content (AvgIpc) is 2.94. The highest BCUT2D eigenvalue weighted by molar-refractivity contribution is 5.76. The highest BCUT2D eigenvalue weighted by Crippen LogP contribution is 2.05. The van der Waals surface area contributed by atoms with E-state index in [9.17, 15) is 9.59 Å². The van der Waals surface area contributed by atoms with Crippen molar-refractivity contribution >= 4 is 11.6 Å². The fourth-order valence-corrected chi connectivity index (χ4v) is 2.67. The van der Waals surface area contributed by atoms with Crippen LogP contribution < -0.4 is 11.0 Å². The van der Waals surface area contributed by atoms with Gasteiger partial charge in [0, 0.05) is 25.7 Å². The molecule has 0 bridgehead atoms. The van der Waals surface area contributed by atoms with Crippen LogP contribution in [0.25, 0.3) is 5.65 Å². The van der Waals surface area contributed by atoms with E-state index in [0.717, 1.165) is 12.0 Å². The van der Waals surface area contributed by atoms with Gasteiger partial charge in [-0.3, -0.25) is 9.20 Å². The number of hydrogen-bond acceptors (Lipinski definition) is 3. The molecule has 2 aromatic heterocycles. The molecule has 3 rings (SSSR count). The summed E-state index contributed by atoms with van der Waals surface area (Å²) in [4.78, 5) is 24.0. The average molecular weight is 338 g/mol. The zero-order valence-electron chi connectivity index (χ0n) is 14.3. The number of pyridine rings is 1. The van der Waals surface area contributed by atoms with Gasteiger partial charge in [-0.25, -0.2) is 9.48 Å². The van der Waals surface area contributed by atoms with E-state index in [1.807, 2.05) is 13.0 Å². The van der Waals surface area contributed by atoms with Crippen LogP contribution in [0, 0.1) is 6.92 Å². The Morgan fingerprint density at radius 3 is 2.72 bits per heavy atom. The summed E-state index contributed by atoms with van der Waals surface area (Å²) in [5.41, 5.74) is 2.86. The lowest BCUT2D eigenvalue weighted by atomic mass is 10.1. The summed E-state index contributed by atoms with van der Waals surface area (Å²) in [6, 6.07) is 13.7. The fourth-order valence-electron chi connectivity index (χ4n) is 2.67. The van der Waals surface area contributed by atoms with E-state index in [0.29, 0.717) is 31.6 Å². The van der Waals surface area contributed by atoms with Gasteiger partial charge in [0.05, 0.1) is 0 Å². The molecule has 3 aromatic rings. The number of nitrogens with one attached hydrogen (secondary N) is 1. The SMILES string of the molecule is Cc1ccc(CCC(=O)NCCCn2nc3ccccn3c2=O)cc1. The van der Waals surface area contributed by atoms with Crippen LogP contribution in [-0.4, -0.2) is 26.6 Å². The third-order valence-corrected chi connectivity index (χ3v) is 4.12. The molecule has 6 heteroatoms. The Bertz CT molecular complexity index is 909. The molecular weight excluding hydrogens is 316 g/mol. The highest BCUT2D eigenvalue weighted by Gasteiger charge is 2.06. The summed E-state index contributed by atoms with van der Waals surface area (Å²) in [6.45, 7) is 3.07. The Labute approximate surface area is 146 Å². The molecule has 0 fully saturated rings. The molecule has 1 amide bonds. The number of fused-ring (bicyclic) bond motifs is 1. The summed E-state index contributed by atoms with van der Waals surface area (Å²) in [7, 11) is 0. The van der Waals surface area contributed by atoms with Gasteiger partial charge < -0.3 is 5.32 Å². The molecule has 0 unspecified atom stereocenters. The molecule has 25 heavy (non-hydrogen) atoms. The van der Waals surface area contributed by atoms with Crippen LogP contribution in [0.1, 0.15) is 24.0 Å². The number of aryl methyl sites for hydroxylation is 3. The second kappa shape index (κ2) is 7.79. The van der Waals surface area contributed by atoms with Gasteiger partial charge in [0.2, 0.25) is 5.91 Å². The van der Waals surface area contributed by atoms with E-state index >= 15 is 0 Å². The van der Waals surface area contributed by atoms with E-state index in [2.05, 4.69) is 34.7 Å². The zero-order valence-corrected chi connectivity index (χ0v) is 14.3. The summed E-state index contributed by atoms with van der Waals surface area (Å²) in [5, 5.41) is 7.17. The van der Waals surface area contributed by atoms with Crippen LogP contribution in [0.5, 0.6) is 0 Å². The molecule has 0 saturated carbocycles. The number of aromatic nitrogens is 3. The van der Waals surface area contributed by atoms with E-state index in [1.165, 1.54) is 14.6 Å². The molecule has 0 aliphatic rings. The molecule has 2 heterocycles. The van der Waals surface area contributed by atoms with Crippen molar-refractivity contribution < 1.29 is 4.79 Å². The maximum Gasteiger partial charge on any atom is 0.350 e. The van der Waals surface area contributed by atoms with Crippen LogP contribution in [-0.2, 0) is 17.8 Å². The predicted molar refractivity (Wildman–Crippen MR) is 96.6 cm³/mol. The van der Waals surface area contributed by atoms with Crippen molar-refractivity contribution in [3.8, 4) is 0 Å². The minimum atomic E-state index is -0.152. The first-order valence-electron chi connectivity index (χ1n) is 8.50. The minimum absolute atomic E-state index is 0.0305. The Morgan fingerprint density at radius 2 is 1.96 bits per heavy atom. The van der Waals surface area contributed by atoms with Gasteiger partial charge in [-0.2, -0.15) is 0 Å². The lowest BCUT2D eigenvalue weighted by Crippen LogP contribution is -2.27. The quantitative estimate of drug-likeness (QED) is 0.670. The van der Waals surface area contributed by atoms with E-state index in [1.54, 1.807) is 18.3 Å². The molecule has 6 nitrogen and oxygen atoms in total. The second-order valence-corrected chi connectivity index (χ2v) is 6.12. The normalized spacial score (nSPS) is 10.9. The molecule has 0 radical (unpaired) electrons. The van der Waals surface area contributed by atoms with Crippen LogP contribution in [0.4, 0.5) is 0 Å². The van der Waals surface area contributed by atoms with Crippen molar-refractivity contribution in [2.45, 2.75) is 32.7 Å². The van der Waals surface area contributed by atoms with Gasteiger partial charge in [0.1, 0.15) is 0 Å². The van der Waals surface area contributed by atoms with Crippen molar-refractivity contribution in [3.05, 3.63) is 70.3 Å². The third kappa shape index (κ3) is 4.35. The maximum absolute atomic E-state index is 12.1. The zero-order chi connectivity index (χ0) is 17.6. The van der Waals surface area contributed by atoms with E-state index in [-0.39, 0.29) is 11.6 Å². The van der Waals surface area contributed by atoms with Crippen LogP contribution >= 0.6 is 0 Å². The molecular formula is C19H22N4O2. The van der Waals surface area contributed by atoms with Gasteiger partial charge in [0.25, 0.3) is 0 Å². The molecule has 1 aromatic carbocycles. The van der Waals surface area contributed by atoms with E-state index in [4.69, 9.17) is 0 Å². The first kappa shape index (κ1) is 17.0. The minimum Gasteiger partial charge on any atom is -0.356 e. The highest BCUT2D eigenvalue weighted by atomic mass is 16.2. The van der Waals surface area contributed by atoms with Gasteiger partial charge in [-0.15, -0.1) is 5.10 Å². The van der Waals surface area contributed by atoms with Crippen LogP contribution in [0.2, 0.25) is 0 Å². The van der Waals surface area contributed by atoms with Crippen molar-refractivity contribution in [3.63, 3.8) is 0 Å². The summed E-state index contributed by atoms with van der Waals surface area (Å²) >= 11 is 0. The summed E-state index contributed by atoms with van der Waals surface area (Å²) in [6.07, 6.45) is 3.57. The second-order valence-electron chi connectivity index (χ2n) is 6.12.